The first-order chi connectivity index (χ1) is 7.65. The van der Waals surface area contributed by atoms with Gasteiger partial charge in [0.2, 0.25) is 5.89 Å². The molecule has 1 aromatic rings. The lowest BCUT2D eigenvalue weighted by Crippen LogP contribution is -2.31. The Morgan fingerprint density at radius 2 is 2.31 bits per heavy atom. The normalized spacial score (nSPS) is 10.8. The molecule has 6 nitrogen and oxygen atoms in total. The molecule has 0 aliphatic heterocycles. The molecule has 0 spiro atoms. The highest BCUT2D eigenvalue weighted by Gasteiger charge is 2.13. The van der Waals surface area contributed by atoms with E-state index in [-0.39, 0.29) is 12.5 Å². The Kier molecular flexibility index (Phi) is 4.91. The van der Waals surface area contributed by atoms with E-state index in [2.05, 4.69) is 14.9 Å². The van der Waals surface area contributed by atoms with Crippen LogP contribution < -0.4 is 0 Å². The van der Waals surface area contributed by atoms with E-state index < -0.39 is 0 Å². The molecule has 6 heteroatoms. The van der Waals surface area contributed by atoms with Crippen molar-refractivity contribution in [3.05, 3.63) is 11.7 Å². The minimum atomic E-state index is -0.260. The molecule has 0 aliphatic carbocycles. The summed E-state index contributed by atoms with van der Waals surface area (Å²) in [5.74, 6) is 0.865. The molecule has 0 fully saturated rings. The van der Waals surface area contributed by atoms with Crippen molar-refractivity contribution in [1.82, 2.24) is 15.0 Å². The van der Waals surface area contributed by atoms with Crippen LogP contribution in [0.4, 0.5) is 0 Å². The van der Waals surface area contributed by atoms with Crippen molar-refractivity contribution in [3.8, 4) is 0 Å². The second-order valence-electron chi connectivity index (χ2n) is 3.52. The van der Waals surface area contributed by atoms with E-state index >= 15 is 0 Å². The van der Waals surface area contributed by atoms with Crippen molar-refractivity contribution in [2.75, 3.05) is 20.2 Å². The summed E-state index contributed by atoms with van der Waals surface area (Å²) in [4.78, 5) is 17.2. The van der Waals surface area contributed by atoms with Crippen LogP contribution in [0, 0.1) is 6.92 Å². The lowest BCUT2D eigenvalue weighted by Gasteiger charge is -2.17. The van der Waals surface area contributed by atoms with Crippen molar-refractivity contribution in [2.45, 2.75) is 26.8 Å². The molecule has 0 aliphatic rings. The summed E-state index contributed by atoms with van der Waals surface area (Å²) >= 11 is 0. The SMILES string of the molecule is CCCN(CC(=O)OC)Cc1nc(C)no1. The van der Waals surface area contributed by atoms with E-state index in [1.54, 1.807) is 6.92 Å². The third-order valence-corrected chi connectivity index (χ3v) is 2.05. The number of aryl methyl sites for hydroxylation is 1. The third-order valence-electron chi connectivity index (χ3n) is 2.05. The number of hydrogen-bond donors (Lipinski definition) is 0. The summed E-state index contributed by atoms with van der Waals surface area (Å²) in [6.07, 6.45) is 0.949. The maximum Gasteiger partial charge on any atom is 0.319 e. The van der Waals surface area contributed by atoms with Crippen LogP contribution in [0.5, 0.6) is 0 Å². The van der Waals surface area contributed by atoms with Gasteiger partial charge in [0.25, 0.3) is 0 Å². The van der Waals surface area contributed by atoms with Gasteiger partial charge in [-0.2, -0.15) is 4.98 Å². The van der Waals surface area contributed by atoms with Crippen molar-refractivity contribution in [1.29, 1.82) is 0 Å². The molecule has 0 aromatic carbocycles. The Bertz CT molecular complexity index is 338. The van der Waals surface area contributed by atoms with Crippen LogP contribution in [-0.4, -0.2) is 41.2 Å². The number of nitrogens with zero attached hydrogens (tertiary/aromatic N) is 3. The maximum atomic E-state index is 11.2. The zero-order chi connectivity index (χ0) is 12.0. The predicted molar refractivity (Wildman–Crippen MR) is 56.6 cm³/mol. The van der Waals surface area contributed by atoms with Crippen LogP contribution in [0.15, 0.2) is 4.52 Å². The van der Waals surface area contributed by atoms with Gasteiger partial charge in [0.15, 0.2) is 5.82 Å². The zero-order valence-corrected chi connectivity index (χ0v) is 9.89. The summed E-state index contributed by atoms with van der Waals surface area (Å²) in [7, 11) is 1.38. The summed E-state index contributed by atoms with van der Waals surface area (Å²) in [5, 5.41) is 3.70. The molecule has 1 aromatic heterocycles. The molecule has 0 atom stereocenters. The molecule has 0 unspecified atom stereocenters. The Morgan fingerprint density at radius 1 is 1.56 bits per heavy atom. The minimum absolute atomic E-state index is 0.242. The Hall–Kier alpha value is -1.43. The van der Waals surface area contributed by atoms with E-state index in [4.69, 9.17) is 4.52 Å². The fourth-order valence-corrected chi connectivity index (χ4v) is 1.37. The van der Waals surface area contributed by atoms with Crippen LogP contribution in [-0.2, 0) is 16.1 Å². The molecule has 0 saturated carbocycles. The largest absolute Gasteiger partial charge is 0.468 e. The molecule has 0 N–H and O–H groups in total. The lowest BCUT2D eigenvalue weighted by atomic mass is 10.4. The maximum absolute atomic E-state index is 11.2. The van der Waals surface area contributed by atoms with Gasteiger partial charge in [-0.05, 0) is 19.9 Å². The van der Waals surface area contributed by atoms with E-state index in [9.17, 15) is 4.79 Å². The van der Waals surface area contributed by atoms with Gasteiger partial charge in [-0.15, -0.1) is 0 Å². The highest BCUT2D eigenvalue weighted by atomic mass is 16.5. The number of carbonyl (C=O) groups excluding carboxylic acids is 1. The third kappa shape index (κ3) is 3.98. The second kappa shape index (κ2) is 6.22. The van der Waals surface area contributed by atoms with E-state index in [1.807, 2.05) is 11.8 Å². The van der Waals surface area contributed by atoms with Crippen molar-refractivity contribution in [2.24, 2.45) is 0 Å². The summed E-state index contributed by atoms with van der Waals surface area (Å²) < 4.78 is 9.62. The first-order valence-corrected chi connectivity index (χ1v) is 5.24. The van der Waals surface area contributed by atoms with Crippen molar-refractivity contribution < 1.29 is 14.1 Å². The molecule has 0 bridgehead atoms. The van der Waals surface area contributed by atoms with Gasteiger partial charge in [-0.25, -0.2) is 0 Å². The van der Waals surface area contributed by atoms with E-state index in [1.165, 1.54) is 7.11 Å². The van der Waals surface area contributed by atoms with E-state index in [0.29, 0.717) is 18.3 Å². The number of carbonyl (C=O) groups is 1. The van der Waals surface area contributed by atoms with Crippen LogP contribution in [0.2, 0.25) is 0 Å². The van der Waals surface area contributed by atoms with Crippen LogP contribution in [0.1, 0.15) is 25.1 Å². The summed E-state index contributed by atoms with van der Waals surface area (Å²) in [6.45, 7) is 5.31. The average Bonchev–Trinajstić information content (AvgIpc) is 2.64. The number of hydrogen-bond acceptors (Lipinski definition) is 6. The second-order valence-corrected chi connectivity index (χ2v) is 3.52. The molecule has 0 saturated heterocycles. The fraction of sp³-hybridized carbons (Fsp3) is 0.700. The van der Waals surface area contributed by atoms with Gasteiger partial charge < -0.3 is 9.26 Å². The predicted octanol–water partition coefficient (Wildman–Crippen LogP) is 0.763. The minimum Gasteiger partial charge on any atom is -0.468 e. The lowest BCUT2D eigenvalue weighted by molar-refractivity contribution is -0.142. The molecule has 0 amide bonds. The van der Waals surface area contributed by atoms with Gasteiger partial charge in [-0.1, -0.05) is 12.1 Å². The number of methoxy groups -OCH3 is 1. The fourth-order valence-electron chi connectivity index (χ4n) is 1.37. The quantitative estimate of drug-likeness (QED) is 0.668. The summed E-state index contributed by atoms with van der Waals surface area (Å²) in [5.41, 5.74) is 0. The topological polar surface area (TPSA) is 68.5 Å². The Morgan fingerprint density at radius 3 is 2.81 bits per heavy atom. The molecule has 1 heterocycles. The van der Waals surface area contributed by atoms with Crippen molar-refractivity contribution >= 4 is 5.97 Å². The van der Waals surface area contributed by atoms with Gasteiger partial charge in [0.1, 0.15) is 0 Å². The molecule has 16 heavy (non-hydrogen) atoms. The number of ether oxygens (including phenoxy) is 1. The molecule has 90 valence electrons. The highest BCUT2D eigenvalue weighted by molar-refractivity contribution is 5.71. The summed E-state index contributed by atoms with van der Waals surface area (Å²) in [6, 6.07) is 0. The van der Waals surface area contributed by atoms with Crippen LogP contribution in [0.3, 0.4) is 0 Å². The Labute approximate surface area is 94.6 Å². The van der Waals surface area contributed by atoms with E-state index in [0.717, 1.165) is 13.0 Å². The first kappa shape index (κ1) is 12.6. The molecular formula is C10H17N3O3. The molecular weight excluding hydrogens is 210 g/mol. The first-order valence-electron chi connectivity index (χ1n) is 5.24. The monoisotopic (exact) mass is 227 g/mol. The van der Waals surface area contributed by atoms with Gasteiger partial charge >= 0.3 is 5.97 Å². The highest BCUT2D eigenvalue weighted by Crippen LogP contribution is 2.03. The smallest absolute Gasteiger partial charge is 0.319 e. The van der Waals surface area contributed by atoms with Crippen LogP contribution in [0.25, 0.3) is 0 Å². The van der Waals surface area contributed by atoms with Crippen molar-refractivity contribution in [3.63, 3.8) is 0 Å². The van der Waals surface area contributed by atoms with Crippen LogP contribution >= 0.6 is 0 Å². The zero-order valence-electron chi connectivity index (χ0n) is 9.89. The van der Waals surface area contributed by atoms with Gasteiger partial charge in [-0.3, -0.25) is 9.69 Å². The molecule has 1 rings (SSSR count). The number of aromatic nitrogens is 2. The number of rotatable bonds is 6. The van der Waals surface area contributed by atoms with Gasteiger partial charge in [0, 0.05) is 0 Å². The molecule has 0 radical (unpaired) electrons. The Balaban J connectivity index is 2.53. The average molecular weight is 227 g/mol. The standard InChI is InChI=1S/C10H17N3O3/c1-4-5-13(7-10(14)15-3)6-9-11-8(2)12-16-9/h4-7H2,1-3H3. The number of esters is 1. The van der Waals surface area contributed by atoms with Gasteiger partial charge in [0.05, 0.1) is 20.2 Å².